The highest BCUT2D eigenvalue weighted by Crippen LogP contribution is 2.25. The van der Waals surface area contributed by atoms with Gasteiger partial charge in [0.15, 0.2) is 11.6 Å². The molecule has 3 rings (SSSR count). The van der Waals surface area contributed by atoms with Crippen LogP contribution in [0.15, 0.2) is 77.9 Å². The van der Waals surface area contributed by atoms with Crippen LogP contribution in [0.1, 0.15) is 44.1 Å². The van der Waals surface area contributed by atoms with E-state index in [1.54, 1.807) is 42.5 Å². The highest BCUT2D eigenvalue weighted by atomic mass is 19.1. The first-order valence-electron chi connectivity index (χ1n) is 11.4. The Balaban J connectivity index is 1.31. The van der Waals surface area contributed by atoms with Crippen molar-refractivity contribution in [3.8, 4) is 17.2 Å². The van der Waals surface area contributed by atoms with Crippen molar-refractivity contribution >= 4 is 23.7 Å². The van der Waals surface area contributed by atoms with E-state index in [4.69, 9.17) is 4.74 Å². The van der Waals surface area contributed by atoms with Crippen molar-refractivity contribution in [3.63, 3.8) is 0 Å². The number of para-hydroxylation sites is 3. The third kappa shape index (κ3) is 8.92. The summed E-state index contributed by atoms with van der Waals surface area (Å²) < 4.78 is 19.6. The number of halogens is 1. The number of anilines is 1. The molecule has 0 atom stereocenters. The number of hydrazone groups is 1. The summed E-state index contributed by atoms with van der Waals surface area (Å²) in [4.78, 5) is 23.9. The fourth-order valence-corrected chi connectivity index (χ4v) is 3.25. The lowest BCUT2D eigenvalue weighted by Crippen LogP contribution is -2.17. The van der Waals surface area contributed by atoms with E-state index in [0.717, 1.165) is 12.8 Å². The van der Waals surface area contributed by atoms with Crippen LogP contribution < -0.4 is 15.5 Å². The number of carbonyl (C=O) groups excluding carboxylic acids is 2. The summed E-state index contributed by atoms with van der Waals surface area (Å²) in [6, 6.07) is 19.8. The second-order valence-electron chi connectivity index (χ2n) is 7.88. The molecule has 0 aliphatic heterocycles. The SMILES string of the molecule is O=C(CCCCCCC(=O)Nc1ccccc1O)N/N=C/c1ccc(F)c(Oc2ccccc2)c1. The van der Waals surface area contributed by atoms with Crippen LogP contribution in [0, 0.1) is 5.82 Å². The Morgan fingerprint density at radius 3 is 2.31 bits per heavy atom. The smallest absolute Gasteiger partial charge is 0.240 e. The molecule has 0 saturated heterocycles. The van der Waals surface area contributed by atoms with Gasteiger partial charge in [0.1, 0.15) is 11.5 Å². The Hall–Kier alpha value is -4.20. The Kier molecular flexibility index (Phi) is 9.80. The van der Waals surface area contributed by atoms with E-state index in [0.29, 0.717) is 42.7 Å². The summed E-state index contributed by atoms with van der Waals surface area (Å²) in [5.41, 5.74) is 3.45. The molecule has 0 bridgehead atoms. The van der Waals surface area contributed by atoms with Gasteiger partial charge in [0, 0.05) is 12.8 Å². The number of phenols is 1. The third-order valence-electron chi connectivity index (χ3n) is 5.06. The Morgan fingerprint density at radius 1 is 0.886 bits per heavy atom. The van der Waals surface area contributed by atoms with Crippen molar-refractivity contribution in [1.29, 1.82) is 0 Å². The average molecular weight is 478 g/mol. The van der Waals surface area contributed by atoms with Crippen LogP contribution >= 0.6 is 0 Å². The molecule has 3 aromatic rings. The molecule has 182 valence electrons. The van der Waals surface area contributed by atoms with Gasteiger partial charge in [-0.15, -0.1) is 0 Å². The molecular formula is C27H28FN3O4. The van der Waals surface area contributed by atoms with Gasteiger partial charge in [0.2, 0.25) is 11.8 Å². The molecule has 0 radical (unpaired) electrons. The lowest BCUT2D eigenvalue weighted by atomic mass is 10.1. The molecular weight excluding hydrogens is 449 g/mol. The van der Waals surface area contributed by atoms with E-state index >= 15 is 0 Å². The molecule has 0 aromatic heterocycles. The molecule has 35 heavy (non-hydrogen) atoms. The van der Waals surface area contributed by atoms with Crippen LogP contribution in [-0.4, -0.2) is 23.1 Å². The van der Waals surface area contributed by atoms with E-state index < -0.39 is 5.82 Å². The second kappa shape index (κ2) is 13.5. The molecule has 3 N–H and O–H groups in total. The number of aromatic hydroxyl groups is 1. The van der Waals surface area contributed by atoms with Crippen LogP contribution in [0.3, 0.4) is 0 Å². The first-order chi connectivity index (χ1) is 17.0. The maximum absolute atomic E-state index is 14.0. The summed E-state index contributed by atoms with van der Waals surface area (Å²) in [5, 5.41) is 16.3. The van der Waals surface area contributed by atoms with Crippen LogP contribution in [-0.2, 0) is 9.59 Å². The number of unbranched alkanes of at least 4 members (excludes halogenated alkanes) is 3. The normalized spacial score (nSPS) is 10.8. The Labute approximate surface area is 203 Å². The summed E-state index contributed by atoms with van der Waals surface area (Å²) in [6.45, 7) is 0. The minimum Gasteiger partial charge on any atom is -0.506 e. The van der Waals surface area contributed by atoms with Gasteiger partial charge in [0.05, 0.1) is 11.9 Å². The minimum absolute atomic E-state index is 0.0370. The fourth-order valence-electron chi connectivity index (χ4n) is 3.25. The summed E-state index contributed by atoms with van der Waals surface area (Å²) >= 11 is 0. The quantitative estimate of drug-likeness (QED) is 0.134. The van der Waals surface area contributed by atoms with Gasteiger partial charge in [-0.1, -0.05) is 49.2 Å². The Morgan fingerprint density at radius 2 is 1.57 bits per heavy atom. The van der Waals surface area contributed by atoms with E-state index in [1.165, 1.54) is 30.5 Å². The lowest BCUT2D eigenvalue weighted by molar-refractivity contribution is -0.121. The van der Waals surface area contributed by atoms with Gasteiger partial charge in [-0.3, -0.25) is 9.59 Å². The van der Waals surface area contributed by atoms with E-state index in [2.05, 4.69) is 15.8 Å². The van der Waals surface area contributed by atoms with E-state index in [1.807, 2.05) is 6.07 Å². The number of amides is 2. The molecule has 0 aliphatic rings. The largest absolute Gasteiger partial charge is 0.506 e. The van der Waals surface area contributed by atoms with Gasteiger partial charge in [-0.25, -0.2) is 9.82 Å². The number of phenolic OH excluding ortho intramolecular Hbond substituents is 1. The molecule has 3 aromatic carbocycles. The molecule has 0 saturated carbocycles. The third-order valence-corrected chi connectivity index (χ3v) is 5.06. The number of ether oxygens (including phenoxy) is 1. The van der Waals surface area contributed by atoms with Crippen LogP contribution in [0.4, 0.5) is 10.1 Å². The van der Waals surface area contributed by atoms with E-state index in [-0.39, 0.29) is 23.3 Å². The standard InChI is InChI=1S/C27H28FN3O4/c28-22-17-16-20(18-25(22)35-21-10-4-3-5-11-21)19-29-31-27(34)15-7-2-1-6-14-26(33)30-23-12-8-9-13-24(23)32/h3-5,8-13,16-19,32H,1-2,6-7,14-15H2,(H,30,33)(H,31,34)/b29-19+. The average Bonchev–Trinajstić information content (AvgIpc) is 2.85. The predicted molar refractivity (Wildman–Crippen MR) is 133 cm³/mol. The van der Waals surface area contributed by atoms with Gasteiger partial charge in [0.25, 0.3) is 0 Å². The first-order valence-corrected chi connectivity index (χ1v) is 11.4. The maximum Gasteiger partial charge on any atom is 0.240 e. The van der Waals surface area contributed by atoms with Crippen LogP contribution in [0.25, 0.3) is 0 Å². The zero-order chi connectivity index (χ0) is 24.9. The number of nitrogens with zero attached hydrogens (tertiary/aromatic N) is 1. The number of hydrogen-bond acceptors (Lipinski definition) is 5. The topological polar surface area (TPSA) is 100 Å². The maximum atomic E-state index is 14.0. The molecule has 8 heteroatoms. The van der Waals surface area contributed by atoms with Crippen molar-refractivity contribution in [1.82, 2.24) is 5.43 Å². The molecule has 0 heterocycles. The molecule has 0 spiro atoms. The van der Waals surface area contributed by atoms with Crippen molar-refractivity contribution in [3.05, 3.63) is 84.2 Å². The van der Waals surface area contributed by atoms with Crippen molar-refractivity contribution in [2.24, 2.45) is 5.10 Å². The fraction of sp³-hybridized carbons (Fsp3) is 0.222. The zero-order valence-electron chi connectivity index (χ0n) is 19.2. The zero-order valence-corrected chi connectivity index (χ0v) is 19.2. The van der Waals surface area contributed by atoms with Crippen LogP contribution in [0.5, 0.6) is 17.2 Å². The highest BCUT2D eigenvalue weighted by molar-refractivity contribution is 5.92. The second-order valence-corrected chi connectivity index (χ2v) is 7.88. The number of benzene rings is 3. The minimum atomic E-state index is -0.495. The van der Waals surface area contributed by atoms with Gasteiger partial charge in [-0.2, -0.15) is 5.10 Å². The summed E-state index contributed by atoms with van der Waals surface area (Å²) in [7, 11) is 0. The first kappa shape index (κ1) is 25.4. The number of carbonyl (C=O) groups is 2. The lowest BCUT2D eigenvalue weighted by Gasteiger charge is -2.07. The van der Waals surface area contributed by atoms with Crippen molar-refractivity contribution in [2.75, 3.05) is 5.32 Å². The monoisotopic (exact) mass is 477 g/mol. The Bertz CT molecular complexity index is 1150. The molecule has 7 nitrogen and oxygen atoms in total. The number of hydrogen-bond donors (Lipinski definition) is 3. The molecule has 0 fully saturated rings. The van der Waals surface area contributed by atoms with Crippen molar-refractivity contribution < 1.29 is 23.8 Å². The van der Waals surface area contributed by atoms with Gasteiger partial charge in [-0.05, 0) is 54.8 Å². The predicted octanol–water partition coefficient (Wildman–Crippen LogP) is 5.75. The summed E-state index contributed by atoms with van der Waals surface area (Å²) in [5.74, 6) is -0.246. The van der Waals surface area contributed by atoms with E-state index in [9.17, 15) is 19.1 Å². The molecule has 2 amide bonds. The number of rotatable bonds is 12. The van der Waals surface area contributed by atoms with Gasteiger partial charge >= 0.3 is 0 Å². The number of nitrogens with one attached hydrogen (secondary N) is 2. The molecule has 0 unspecified atom stereocenters. The van der Waals surface area contributed by atoms with Crippen LogP contribution in [0.2, 0.25) is 0 Å². The van der Waals surface area contributed by atoms with Gasteiger partial charge < -0.3 is 15.2 Å². The molecule has 0 aliphatic carbocycles. The summed E-state index contributed by atoms with van der Waals surface area (Å²) in [6.07, 6.45) is 5.07. The highest BCUT2D eigenvalue weighted by Gasteiger charge is 2.07. The van der Waals surface area contributed by atoms with Crippen molar-refractivity contribution in [2.45, 2.75) is 38.5 Å².